The van der Waals surface area contributed by atoms with E-state index in [9.17, 15) is 14.7 Å². The van der Waals surface area contributed by atoms with Crippen LogP contribution in [0.1, 0.15) is 25.7 Å². The fourth-order valence-corrected chi connectivity index (χ4v) is 3.87. The van der Waals surface area contributed by atoms with Gasteiger partial charge in [0.05, 0.1) is 6.54 Å². The van der Waals surface area contributed by atoms with Gasteiger partial charge in [0.1, 0.15) is 24.0 Å². The van der Waals surface area contributed by atoms with Crippen molar-refractivity contribution in [3.05, 3.63) is 42.5 Å². The number of benzene rings is 2. The summed E-state index contributed by atoms with van der Waals surface area (Å²) in [5, 5.41) is 15.2. The first-order chi connectivity index (χ1) is 12.6. The molecule has 1 saturated carbocycles. The van der Waals surface area contributed by atoms with E-state index in [0.717, 1.165) is 28.5 Å². The first-order valence-corrected chi connectivity index (χ1v) is 9.01. The van der Waals surface area contributed by atoms with Crippen LogP contribution in [0.5, 0.6) is 5.75 Å². The minimum atomic E-state index is -0.937. The van der Waals surface area contributed by atoms with Gasteiger partial charge < -0.3 is 15.2 Å². The maximum atomic E-state index is 12.6. The van der Waals surface area contributed by atoms with Gasteiger partial charge in [-0.1, -0.05) is 43.2 Å². The molecule has 0 radical (unpaired) electrons. The molecule has 1 atom stereocenters. The Morgan fingerprint density at radius 3 is 2.62 bits per heavy atom. The molecule has 136 valence electrons. The summed E-state index contributed by atoms with van der Waals surface area (Å²) >= 11 is 0. The lowest BCUT2D eigenvalue weighted by atomic mass is 9.98. The predicted molar refractivity (Wildman–Crippen MR) is 96.9 cm³/mol. The number of rotatable bonds is 5. The molecule has 1 saturated heterocycles. The van der Waals surface area contributed by atoms with Gasteiger partial charge in [0.2, 0.25) is 0 Å². The third-order valence-electron chi connectivity index (χ3n) is 5.26. The molecule has 2 N–H and O–H groups in total. The van der Waals surface area contributed by atoms with Crippen LogP contribution >= 0.6 is 0 Å². The number of nitrogens with one attached hydrogen (secondary N) is 1. The van der Waals surface area contributed by atoms with Crippen LogP contribution in [0.25, 0.3) is 10.8 Å². The minimum Gasteiger partial charge on any atom is -0.491 e. The van der Waals surface area contributed by atoms with Crippen LogP contribution in [0, 0.1) is 0 Å². The van der Waals surface area contributed by atoms with Gasteiger partial charge in [-0.15, -0.1) is 0 Å². The number of ether oxygens (including phenoxy) is 1. The van der Waals surface area contributed by atoms with Crippen molar-refractivity contribution in [1.82, 2.24) is 10.2 Å². The summed E-state index contributed by atoms with van der Waals surface area (Å²) < 4.78 is 5.65. The maximum absolute atomic E-state index is 12.6. The monoisotopic (exact) mass is 354 g/mol. The van der Waals surface area contributed by atoms with Crippen molar-refractivity contribution in [2.24, 2.45) is 0 Å². The van der Waals surface area contributed by atoms with Crippen molar-refractivity contribution in [2.75, 3.05) is 13.2 Å². The summed E-state index contributed by atoms with van der Waals surface area (Å²) in [6.07, 6.45) is 2.30. The summed E-state index contributed by atoms with van der Waals surface area (Å²) in [7, 11) is 0. The molecule has 2 aromatic carbocycles. The van der Waals surface area contributed by atoms with Crippen molar-refractivity contribution in [2.45, 2.75) is 37.3 Å². The second-order valence-corrected chi connectivity index (χ2v) is 7.11. The van der Waals surface area contributed by atoms with E-state index in [1.54, 1.807) is 0 Å². The predicted octanol–water partition coefficient (Wildman–Crippen LogP) is 2.44. The van der Waals surface area contributed by atoms with Crippen LogP contribution in [0.2, 0.25) is 0 Å². The molecule has 6 heteroatoms. The topological polar surface area (TPSA) is 78.9 Å². The lowest BCUT2D eigenvalue weighted by Crippen LogP contribution is -2.45. The molecule has 0 bridgehead atoms. The van der Waals surface area contributed by atoms with Crippen molar-refractivity contribution < 1.29 is 19.4 Å². The normalized spacial score (nSPS) is 20.0. The molecule has 1 unspecified atom stereocenters. The molecule has 1 aliphatic carbocycles. The Labute approximate surface area is 151 Å². The molecule has 2 aliphatic rings. The first-order valence-electron chi connectivity index (χ1n) is 9.01. The molecule has 2 aromatic rings. The number of β-amino-alcohol motifs (C(OH)–C–C–N with tert-alkyl or cyclic N) is 1. The summed E-state index contributed by atoms with van der Waals surface area (Å²) in [6.45, 7) is -0.0393. The standard InChI is InChI=1S/C20H22N2O4/c23-16(12-22-18(24)20(21-19(22)25)9-3-4-10-20)13-26-17-8-7-14-5-1-2-6-15(14)11-17/h1-2,5-8,11,16,23H,3-4,9-10,12-13H2,(H,21,25). The molecule has 4 rings (SSSR count). The van der Waals surface area contributed by atoms with E-state index in [2.05, 4.69) is 5.32 Å². The third-order valence-corrected chi connectivity index (χ3v) is 5.26. The van der Waals surface area contributed by atoms with Gasteiger partial charge in [0.15, 0.2) is 0 Å². The van der Waals surface area contributed by atoms with E-state index in [1.165, 1.54) is 0 Å². The zero-order valence-electron chi connectivity index (χ0n) is 14.5. The number of aliphatic hydroxyl groups is 1. The van der Waals surface area contributed by atoms with E-state index < -0.39 is 17.7 Å². The van der Waals surface area contributed by atoms with E-state index in [-0.39, 0.29) is 19.1 Å². The molecule has 1 heterocycles. The lowest BCUT2D eigenvalue weighted by Gasteiger charge is -2.21. The van der Waals surface area contributed by atoms with Crippen LogP contribution < -0.4 is 10.1 Å². The number of amides is 3. The first kappa shape index (κ1) is 16.8. The third kappa shape index (κ3) is 3.01. The molecular weight excluding hydrogens is 332 g/mol. The molecule has 1 spiro atoms. The van der Waals surface area contributed by atoms with Gasteiger partial charge in [-0.2, -0.15) is 0 Å². The molecule has 2 fully saturated rings. The molecule has 0 aromatic heterocycles. The summed E-state index contributed by atoms with van der Waals surface area (Å²) in [5.41, 5.74) is -0.740. The average molecular weight is 354 g/mol. The second kappa shape index (κ2) is 6.61. The molecular formula is C20H22N2O4. The Hall–Kier alpha value is -2.60. The Kier molecular flexibility index (Phi) is 4.28. The number of fused-ring (bicyclic) bond motifs is 1. The maximum Gasteiger partial charge on any atom is 0.325 e. The summed E-state index contributed by atoms with van der Waals surface area (Å²) in [5.74, 6) is 0.428. The van der Waals surface area contributed by atoms with Gasteiger partial charge >= 0.3 is 6.03 Å². The van der Waals surface area contributed by atoms with Gasteiger partial charge in [0.25, 0.3) is 5.91 Å². The Balaban J connectivity index is 1.37. The largest absolute Gasteiger partial charge is 0.491 e. The Bertz CT molecular complexity index is 845. The van der Waals surface area contributed by atoms with Crippen molar-refractivity contribution in [3.63, 3.8) is 0 Å². The van der Waals surface area contributed by atoms with Gasteiger partial charge in [-0.05, 0) is 35.7 Å². The summed E-state index contributed by atoms with van der Waals surface area (Å²) in [6, 6.07) is 13.2. The molecule has 1 aliphatic heterocycles. The number of urea groups is 1. The number of nitrogens with zero attached hydrogens (tertiary/aromatic N) is 1. The number of carbonyl (C=O) groups is 2. The SMILES string of the molecule is O=C1NC2(CCCC2)C(=O)N1CC(O)COc1ccc2ccccc2c1. The molecule has 3 amide bonds. The highest BCUT2D eigenvalue weighted by Crippen LogP contribution is 2.35. The van der Waals surface area contributed by atoms with Gasteiger partial charge in [0, 0.05) is 0 Å². The van der Waals surface area contributed by atoms with Gasteiger partial charge in [-0.25, -0.2) is 4.79 Å². The number of imide groups is 1. The quantitative estimate of drug-likeness (QED) is 0.809. The van der Waals surface area contributed by atoms with Crippen LogP contribution in [-0.2, 0) is 4.79 Å². The van der Waals surface area contributed by atoms with Crippen LogP contribution in [0.4, 0.5) is 4.79 Å². The zero-order valence-corrected chi connectivity index (χ0v) is 14.5. The van der Waals surface area contributed by atoms with E-state index >= 15 is 0 Å². The van der Waals surface area contributed by atoms with E-state index in [0.29, 0.717) is 18.6 Å². The molecule has 6 nitrogen and oxygen atoms in total. The second-order valence-electron chi connectivity index (χ2n) is 7.11. The van der Waals surface area contributed by atoms with Crippen molar-refractivity contribution in [3.8, 4) is 5.75 Å². The highest BCUT2D eigenvalue weighted by atomic mass is 16.5. The van der Waals surface area contributed by atoms with Gasteiger partial charge in [-0.3, -0.25) is 9.69 Å². The molecule has 26 heavy (non-hydrogen) atoms. The number of aliphatic hydroxyl groups excluding tert-OH is 1. The number of hydrogen-bond donors (Lipinski definition) is 2. The smallest absolute Gasteiger partial charge is 0.325 e. The summed E-state index contributed by atoms with van der Waals surface area (Å²) in [4.78, 5) is 25.9. The fraction of sp³-hybridized carbons (Fsp3) is 0.400. The minimum absolute atomic E-state index is 0.0163. The van der Waals surface area contributed by atoms with E-state index in [4.69, 9.17) is 4.74 Å². The zero-order chi connectivity index (χ0) is 18.1. The average Bonchev–Trinajstić information content (AvgIpc) is 3.21. The highest BCUT2D eigenvalue weighted by molar-refractivity contribution is 6.07. The fourth-order valence-electron chi connectivity index (χ4n) is 3.87. The van der Waals surface area contributed by atoms with Crippen LogP contribution in [-0.4, -0.2) is 46.7 Å². The number of hydrogen-bond acceptors (Lipinski definition) is 4. The van der Waals surface area contributed by atoms with Crippen LogP contribution in [0.3, 0.4) is 0 Å². The Morgan fingerprint density at radius 2 is 1.85 bits per heavy atom. The lowest BCUT2D eigenvalue weighted by molar-refractivity contribution is -0.132. The number of carbonyl (C=O) groups excluding carboxylic acids is 2. The Morgan fingerprint density at radius 1 is 1.12 bits per heavy atom. The van der Waals surface area contributed by atoms with E-state index in [1.807, 2.05) is 42.5 Å². The van der Waals surface area contributed by atoms with Crippen molar-refractivity contribution in [1.29, 1.82) is 0 Å². The highest BCUT2D eigenvalue weighted by Gasteiger charge is 2.52. The van der Waals surface area contributed by atoms with Crippen molar-refractivity contribution >= 4 is 22.7 Å². The van der Waals surface area contributed by atoms with Crippen LogP contribution in [0.15, 0.2) is 42.5 Å².